The van der Waals surface area contributed by atoms with E-state index < -0.39 is 0 Å². The summed E-state index contributed by atoms with van der Waals surface area (Å²) in [6, 6.07) is 0. The Labute approximate surface area is 83.5 Å². The monoisotopic (exact) mass is 183 g/mol. The molecule has 1 nitrogen and oxygen atoms in total. The lowest BCUT2D eigenvalue weighted by atomic mass is 9.86. The maximum atomic E-state index is 2.59. The van der Waals surface area contributed by atoms with Gasteiger partial charge in [-0.15, -0.1) is 0 Å². The van der Waals surface area contributed by atoms with Gasteiger partial charge in [0, 0.05) is 0 Å². The molecular formula is C12H25N. The number of likely N-dealkylation sites (tertiary alicyclic amines) is 1. The summed E-state index contributed by atoms with van der Waals surface area (Å²) in [5, 5.41) is 0. The molecule has 0 saturated carbocycles. The molecule has 13 heavy (non-hydrogen) atoms. The molecule has 1 heteroatoms. The minimum Gasteiger partial charge on any atom is -0.304 e. The molecule has 78 valence electrons. The fourth-order valence-corrected chi connectivity index (χ4v) is 2.39. The van der Waals surface area contributed by atoms with E-state index in [0.29, 0.717) is 0 Å². The van der Waals surface area contributed by atoms with Gasteiger partial charge in [0.25, 0.3) is 0 Å². The van der Waals surface area contributed by atoms with Crippen LogP contribution >= 0.6 is 0 Å². The van der Waals surface area contributed by atoms with Gasteiger partial charge in [0.05, 0.1) is 0 Å². The predicted molar refractivity (Wildman–Crippen MR) is 58.9 cm³/mol. The molecule has 1 saturated heterocycles. The summed E-state index contributed by atoms with van der Waals surface area (Å²) in [5.74, 6) is 1.90. The largest absolute Gasteiger partial charge is 0.304 e. The highest BCUT2D eigenvalue weighted by Crippen LogP contribution is 2.24. The first-order chi connectivity index (χ1) is 6.24. The number of hydrogen-bond donors (Lipinski definition) is 0. The second kappa shape index (κ2) is 5.64. The third-order valence-corrected chi connectivity index (χ3v) is 3.49. The van der Waals surface area contributed by atoms with Gasteiger partial charge in [-0.2, -0.15) is 0 Å². The van der Waals surface area contributed by atoms with Crippen molar-refractivity contribution in [2.45, 2.75) is 46.5 Å². The van der Waals surface area contributed by atoms with Crippen LogP contribution in [0.5, 0.6) is 0 Å². The van der Waals surface area contributed by atoms with Crippen LogP contribution in [0.1, 0.15) is 46.5 Å². The lowest BCUT2D eigenvalue weighted by Crippen LogP contribution is -2.29. The summed E-state index contributed by atoms with van der Waals surface area (Å²) in [7, 11) is 0. The Kier molecular flexibility index (Phi) is 4.79. The molecule has 0 aromatic heterocycles. The smallest absolute Gasteiger partial charge is 0.00188 e. The fraction of sp³-hybridized carbons (Fsp3) is 1.00. The van der Waals surface area contributed by atoms with Gasteiger partial charge in [0.2, 0.25) is 0 Å². The lowest BCUT2D eigenvalue weighted by molar-refractivity contribution is 0.211. The Balaban J connectivity index is 2.30. The van der Waals surface area contributed by atoms with Crippen LogP contribution < -0.4 is 0 Å². The summed E-state index contributed by atoms with van der Waals surface area (Å²) in [6.45, 7) is 10.9. The third-order valence-electron chi connectivity index (χ3n) is 3.49. The molecule has 0 unspecified atom stereocenters. The quantitative estimate of drug-likeness (QED) is 0.635. The van der Waals surface area contributed by atoms with E-state index in [2.05, 4.69) is 25.7 Å². The predicted octanol–water partition coefficient (Wildman–Crippen LogP) is 3.15. The van der Waals surface area contributed by atoms with Gasteiger partial charge in [-0.25, -0.2) is 0 Å². The Hall–Kier alpha value is -0.0400. The van der Waals surface area contributed by atoms with Crippen molar-refractivity contribution in [3.8, 4) is 0 Å². The highest BCUT2D eigenvalue weighted by atomic mass is 15.1. The van der Waals surface area contributed by atoms with Crippen LogP contribution in [-0.2, 0) is 0 Å². The van der Waals surface area contributed by atoms with E-state index in [1.807, 2.05) is 0 Å². The summed E-state index contributed by atoms with van der Waals surface area (Å²) >= 11 is 0. The highest BCUT2D eigenvalue weighted by Gasteiger charge is 2.16. The molecule has 0 aromatic rings. The molecule has 1 heterocycles. The second-order valence-electron chi connectivity index (χ2n) is 4.72. The Morgan fingerprint density at radius 3 is 2.08 bits per heavy atom. The highest BCUT2D eigenvalue weighted by molar-refractivity contribution is 4.69. The van der Waals surface area contributed by atoms with Gasteiger partial charge in [-0.3, -0.25) is 0 Å². The van der Waals surface area contributed by atoms with Gasteiger partial charge in [-0.1, -0.05) is 20.8 Å². The Morgan fingerprint density at radius 1 is 1.15 bits per heavy atom. The maximum Gasteiger partial charge on any atom is -0.00188 e. The van der Waals surface area contributed by atoms with Crippen LogP contribution in [0.2, 0.25) is 0 Å². The number of hydrogen-bond acceptors (Lipinski definition) is 1. The minimum absolute atomic E-state index is 0.896. The summed E-state index contributed by atoms with van der Waals surface area (Å²) in [6.07, 6.45) is 5.73. The molecule has 1 aliphatic heterocycles. The van der Waals surface area contributed by atoms with Crippen molar-refractivity contribution in [1.29, 1.82) is 0 Å². The minimum atomic E-state index is 0.896. The van der Waals surface area contributed by atoms with Crippen molar-refractivity contribution in [3.05, 3.63) is 0 Å². The van der Waals surface area contributed by atoms with Crippen molar-refractivity contribution in [2.24, 2.45) is 11.8 Å². The van der Waals surface area contributed by atoms with Gasteiger partial charge in [0.15, 0.2) is 0 Å². The van der Waals surface area contributed by atoms with E-state index in [1.54, 1.807) is 0 Å². The van der Waals surface area contributed by atoms with Crippen LogP contribution in [0.3, 0.4) is 0 Å². The summed E-state index contributed by atoms with van der Waals surface area (Å²) < 4.78 is 0. The average Bonchev–Trinajstić information content (AvgIpc) is 2.03. The van der Waals surface area contributed by atoms with Gasteiger partial charge in [-0.05, 0) is 57.2 Å². The van der Waals surface area contributed by atoms with Gasteiger partial charge in [0.1, 0.15) is 0 Å². The zero-order valence-corrected chi connectivity index (χ0v) is 9.55. The molecule has 0 spiro atoms. The lowest BCUT2D eigenvalue weighted by Gasteiger charge is -2.28. The molecule has 0 radical (unpaired) electrons. The van der Waals surface area contributed by atoms with Gasteiger partial charge < -0.3 is 4.90 Å². The SMILES string of the molecule is CCN1CCCC(C(C)C)CCC1. The molecule has 0 aromatic carbocycles. The second-order valence-corrected chi connectivity index (χ2v) is 4.72. The van der Waals surface area contributed by atoms with E-state index >= 15 is 0 Å². The fourth-order valence-electron chi connectivity index (χ4n) is 2.39. The van der Waals surface area contributed by atoms with E-state index in [4.69, 9.17) is 0 Å². The molecule has 0 atom stereocenters. The Morgan fingerprint density at radius 2 is 1.69 bits per heavy atom. The van der Waals surface area contributed by atoms with Crippen LogP contribution in [0, 0.1) is 11.8 Å². The van der Waals surface area contributed by atoms with Gasteiger partial charge >= 0.3 is 0 Å². The summed E-state index contributed by atoms with van der Waals surface area (Å²) in [5.41, 5.74) is 0. The topological polar surface area (TPSA) is 3.24 Å². The van der Waals surface area contributed by atoms with Crippen molar-refractivity contribution >= 4 is 0 Å². The molecule has 0 N–H and O–H groups in total. The first-order valence-corrected chi connectivity index (χ1v) is 5.96. The molecule has 0 amide bonds. The van der Waals surface area contributed by atoms with Crippen LogP contribution in [0.15, 0.2) is 0 Å². The normalized spacial score (nSPS) is 23.1. The van der Waals surface area contributed by atoms with E-state index in [-0.39, 0.29) is 0 Å². The molecule has 0 aliphatic carbocycles. The molecule has 1 fully saturated rings. The zero-order chi connectivity index (χ0) is 9.68. The standard InChI is InChI=1S/C12H25N/c1-4-13-9-5-7-12(11(2)3)8-6-10-13/h11-12H,4-10H2,1-3H3. The van der Waals surface area contributed by atoms with Crippen molar-refractivity contribution in [1.82, 2.24) is 4.90 Å². The van der Waals surface area contributed by atoms with Crippen molar-refractivity contribution in [2.75, 3.05) is 19.6 Å². The first-order valence-electron chi connectivity index (χ1n) is 5.96. The summed E-state index contributed by atoms with van der Waals surface area (Å²) in [4.78, 5) is 2.59. The van der Waals surface area contributed by atoms with E-state index in [9.17, 15) is 0 Å². The number of nitrogens with zero attached hydrogens (tertiary/aromatic N) is 1. The molecule has 1 rings (SSSR count). The number of rotatable bonds is 2. The Bertz CT molecular complexity index is 121. The molecule has 0 bridgehead atoms. The van der Waals surface area contributed by atoms with E-state index in [1.165, 1.54) is 45.3 Å². The van der Waals surface area contributed by atoms with Crippen molar-refractivity contribution < 1.29 is 0 Å². The van der Waals surface area contributed by atoms with Crippen LogP contribution in [0.4, 0.5) is 0 Å². The molecular weight excluding hydrogens is 158 g/mol. The zero-order valence-electron chi connectivity index (χ0n) is 9.55. The van der Waals surface area contributed by atoms with Crippen LogP contribution in [0.25, 0.3) is 0 Å². The van der Waals surface area contributed by atoms with Crippen LogP contribution in [-0.4, -0.2) is 24.5 Å². The van der Waals surface area contributed by atoms with Crippen molar-refractivity contribution in [3.63, 3.8) is 0 Å². The maximum absolute atomic E-state index is 2.59. The van der Waals surface area contributed by atoms with E-state index in [0.717, 1.165) is 11.8 Å². The average molecular weight is 183 g/mol. The molecule has 1 aliphatic rings. The third kappa shape index (κ3) is 3.68. The first kappa shape index (κ1) is 11.0.